The Bertz CT molecular complexity index is 843. The fourth-order valence-electron chi connectivity index (χ4n) is 8.40. The molecule has 0 heterocycles. The molecular formula is C22H33F2NO6. The Morgan fingerprint density at radius 1 is 1.13 bits per heavy atom. The van der Waals surface area contributed by atoms with Crippen LogP contribution < -0.4 is 5.73 Å². The summed E-state index contributed by atoms with van der Waals surface area (Å²) < 4.78 is 33.1. The van der Waals surface area contributed by atoms with E-state index in [1.165, 1.54) is 13.8 Å². The van der Waals surface area contributed by atoms with Crippen molar-refractivity contribution >= 4 is 11.6 Å². The molecule has 31 heavy (non-hydrogen) atoms. The first kappa shape index (κ1) is 23.2. The van der Waals surface area contributed by atoms with E-state index in [4.69, 9.17) is 5.73 Å². The van der Waals surface area contributed by atoms with Crippen LogP contribution in [0.1, 0.15) is 59.3 Å². The second kappa shape index (κ2) is 6.32. The van der Waals surface area contributed by atoms with Crippen molar-refractivity contribution in [3.05, 3.63) is 0 Å². The number of hydrogen-bond acceptors (Lipinski definition) is 7. The van der Waals surface area contributed by atoms with Crippen molar-refractivity contribution in [1.82, 2.24) is 0 Å². The highest BCUT2D eigenvalue weighted by Crippen LogP contribution is 2.76. The second-order valence-corrected chi connectivity index (χ2v) is 11.1. The fourth-order valence-corrected chi connectivity index (χ4v) is 8.40. The number of alkyl halides is 2. The summed E-state index contributed by atoms with van der Waals surface area (Å²) >= 11 is 0. The maximum Gasteiger partial charge on any atom is 0.192 e. The quantitative estimate of drug-likeness (QED) is 0.413. The maximum atomic E-state index is 17.4. The van der Waals surface area contributed by atoms with Crippen LogP contribution >= 0.6 is 0 Å². The van der Waals surface area contributed by atoms with E-state index in [9.17, 15) is 30.0 Å². The van der Waals surface area contributed by atoms with Crippen molar-refractivity contribution in [2.45, 2.75) is 94.5 Å². The van der Waals surface area contributed by atoms with Gasteiger partial charge in [-0.3, -0.25) is 9.59 Å². The molecule has 0 aromatic rings. The number of fused-ring (bicyclic) bond motifs is 5. The molecule has 0 saturated heterocycles. The van der Waals surface area contributed by atoms with E-state index in [0.29, 0.717) is 0 Å². The van der Waals surface area contributed by atoms with Crippen molar-refractivity contribution in [1.29, 1.82) is 0 Å². The van der Waals surface area contributed by atoms with Crippen LogP contribution in [-0.4, -0.2) is 73.8 Å². The van der Waals surface area contributed by atoms with E-state index in [0.717, 1.165) is 0 Å². The Hall–Kier alpha value is -1.00. The lowest BCUT2D eigenvalue weighted by atomic mass is 9.34. The molecule has 176 valence electrons. The molecule has 9 heteroatoms. The minimum absolute atomic E-state index is 0.0508. The first-order valence-corrected chi connectivity index (χ1v) is 11.0. The molecule has 4 saturated carbocycles. The molecule has 6 N–H and O–H groups in total. The van der Waals surface area contributed by atoms with Gasteiger partial charge >= 0.3 is 0 Å². The standard InChI is InChI=1S/C22H33F2NO6/c1-17-5-4-11(27)6-12(17)13(23)7-19(3)20(25)9-14(28)21(31,16(30)10-26)18(20,2)8-15(29)22(17,19)24/h12-15,26,28-29,31H,4-10,25H2,1-3H3/t12?,13-,14+,15?,17?,18?,19?,20-,21-,22-/m0/s1. The molecule has 10 atom stereocenters. The zero-order valence-corrected chi connectivity index (χ0v) is 18.2. The van der Waals surface area contributed by atoms with Crippen LogP contribution in [0, 0.1) is 22.2 Å². The zero-order chi connectivity index (χ0) is 23.4. The second-order valence-electron chi connectivity index (χ2n) is 11.1. The average molecular weight is 446 g/mol. The average Bonchev–Trinajstić information content (AvgIpc) is 2.85. The summed E-state index contributed by atoms with van der Waals surface area (Å²) in [7, 11) is 0. The number of Topliss-reactive ketones (excluding diaryl/α,β-unsaturated/α-hetero) is 2. The van der Waals surface area contributed by atoms with Crippen LogP contribution in [0.15, 0.2) is 0 Å². The first-order chi connectivity index (χ1) is 14.1. The van der Waals surface area contributed by atoms with Crippen molar-refractivity contribution in [2.24, 2.45) is 27.9 Å². The predicted molar refractivity (Wildman–Crippen MR) is 105 cm³/mol. The molecule has 5 unspecified atom stereocenters. The van der Waals surface area contributed by atoms with Crippen molar-refractivity contribution < 1.29 is 38.8 Å². The summed E-state index contributed by atoms with van der Waals surface area (Å²) in [5.41, 5.74) is -4.77. The van der Waals surface area contributed by atoms with Gasteiger partial charge in [-0.25, -0.2) is 8.78 Å². The van der Waals surface area contributed by atoms with Crippen LogP contribution in [0.2, 0.25) is 0 Å². The number of carbonyl (C=O) groups excluding carboxylic acids is 2. The Morgan fingerprint density at radius 3 is 2.32 bits per heavy atom. The van der Waals surface area contributed by atoms with Gasteiger partial charge in [-0.1, -0.05) is 20.8 Å². The van der Waals surface area contributed by atoms with E-state index in [2.05, 4.69) is 0 Å². The minimum atomic E-state index is -2.52. The number of hydrogen-bond donors (Lipinski definition) is 5. The topological polar surface area (TPSA) is 141 Å². The number of aliphatic hydroxyl groups is 4. The van der Waals surface area contributed by atoms with Gasteiger partial charge in [-0.15, -0.1) is 0 Å². The lowest BCUT2D eigenvalue weighted by Crippen LogP contribution is -2.84. The molecule has 4 aliphatic carbocycles. The van der Waals surface area contributed by atoms with Crippen LogP contribution in [0.5, 0.6) is 0 Å². The van der Waals surface area contributed by atoms with Crippen molar-refractivity contribution in [3.63, 3.8) is 0 Å². The normalized spacial score (nSPS) is 59.0. The smallest absolute Gasteiger partial charge is 0.192 e. The molecule has 0 aromatic heterocycles. The largest absolute Gasteiger partial charge is 0.390 e. The number of halogens is 2. The molecule has 0 amide bonds. The third kappa shape index (κ3) is 2.16. The lowest BCUT2D eigenvalue weighted by molar-refractivity contribution is -0.307. The van der Waals surface area contributed by atoms with E-state index in [1.54, 1.807) is 6.92 Å². The van der Waals surface area contributed by atoms with Gasteiger partial charge in [0.05, 0.1) is 12.2 Å². The van der Waals surface area contributed by atoms with Gasteiger partial charge < -0.3 is 26.2 Å². The molecule has 0 radical (unpaired) electrons. The van der Waals surface area contributed by atoms with E-state index in [1.807, 2.05) is 0 Å². The Labute approximate surface area is 180 Å². The first-order valence-electron chi connectivity index (χ1n) is 11.0. The molecule has 0 aromatic carbocycles. The van der Waals surface area contributed by atoms with E-state index < -0.39 is 89.0 Å². The minimum Gasteiger partial charge on any atom is -0.390 e. The summed E-state index contributed by atoms with van der Waals surface area (Å²) in [6, 6.07) is 0. The van der Waals surface area contributed by atoms with Gasteiger partial charge in [0.1, 0.15) is 24.2 Å². The zero-order valence-electron chi connectivity index (χ0n) is 18.2. The highest BCUT2D eigenvalue weighted by Gasteiger charge is 2.86. The predicted octanol–water partition coefficient (Wildman–Crippen LogP) is 0.344. The number of carbonyl (C=O) groups is 2. The molecular weight excluding hydrogens is 412 g/mol. The number of rotatable bonds is 2. The van der Waals surface area contributed by atoms with Crippen LogP contribution in [-0.2, 0) is 9.59 Å². The molecule has 0 spiro atoms. The number of nitrogens with two attached hydrogens (primary N) is 1. The van der Waals surface area contributed by atoms with E-state index in [-0.39, 0.29) is 25.0 Å². The third-order valence-corrected chi connectivity index (χ3v) is 10.3. The van der Waals surface area contributed by atoms with Crippen molar-refractivity contribution in [3.8, 4) is 0 Å². The summed E-state index contributed by atoms with van der Waals surface area (Å²) in [5.74, 6) is -2.13. The monoisotopic (exact) mass is 445 g/mol. The number of ketones is 2. The molecule has 4 aliphatic rings. The van der Waals surface area contributed by atoms with E-state index >= 15 is 8.78 Å². The van der Waals surface area contributed by atoms with Crippen LogP contribution in [0.25, 0.3) is 0 Å². The maximum absolute atomic E-state index is 17.4. The summed E-state index contributed by atoms with van der Waals surface area (Å²) in [6.07, 6.45) is -6.30. The Kier molecular flexibility index (Phi) is 4.72. The van der Waals surface area contributed by atoms with Crippen LogP contribution in [0.4, 0.5) is 8.78 Å². The molecule has 0 bridgehead atoms. The fraction of sp³-hybridized carbons (Fsp3) is 0.909. The van der Waals surface area contributed by atoms with Gasteiger partial charge in [0, 0.05) is 40.5 Å². The Balaban J connectivity index is 1.95. The van der Waals surface area contributed by atoms with Gasteiger partial charge in [-0.05, 0) is 25.7 Å². The molecule has 7 nitrogen and oxygen atoms in total. The number of aliphatic hydroxyl groups excluding tert-OH is 3. The van der Waals surface area contributed by atoms with Gasteiger partial charge in [0.2, 0.25) is 0 Å². The molecule has 0 aliphatic heterocycles. The molecule has 4 fully saturated rings. The summed E-state index contributed by atoms with van der Waals surface area (Å²) in [6.45, 7) is 3.32. The van der Waals surface area contributed by atoms with Gasteiger partial charge in [-0.2, -0.15) is 0 Å². The van der Waals surface area contributed by atoms with Crippen LogP contribution in [0.3, 0.4) is 0 Å². The SMILES string of the molecule is CC12CCC(=O)CC1[C@@H](F)CC1(C)[C@]3(N)C[C@@H](O)[C@](O)(C(=O)CO)C3(C)CC(O)[C@]21F. The highest BCUT2D eigenvalue weighted by atomic mass is 19.1. The summed E-state index contributed by atoms with van der Waals surface area (Å²) in [5, 5.41) is 42.9. The lowest BCUT2D eigenvalue weighted by Gasteiger charge is -2.73. The van der Waals surface area contributed by atoms with Gasteiger partial charge in [0.25, 0.3) is 0 Å². The highest BCUT2D eigenvalue weighted by molar-refractivity contribution is 5.91. The van der Waals surface area contributed by atoms with Crippen molar-refractivity contribution in [2.75, 3.05) is 6.61 Å². The van der Waals surface area contributed by atoms with Gasteiger partial charge in [0.15, 0.2) is 11.4 Å². The third-order valence-electron chi connectivity index (χ3n) is 10.3. The molecule has 4 rings (SSSR count). The Morgan fingerprint density at radius 2 is 1.74 bits per heavy atom. The summed E-state index contributed by atoms with van der Waals surface area (Å²) in [4.78, 5) is 24.6.